The van der Waals surface area contributed by atoms with Gasteiger partial charge in [-0.15, -0.1) is 0 Å². The summed E-state index contributed by atoms with van der Waals surface area (Å²) in [7, 11) is 0. The van der Waals surface area contributed by atoms with Crippen molar-refractivity contribution in [3.8, 4) is 34.5 Å². The lowest BCUT2D eigenvalue weighted by Gasteiger charge is -2.13. The zero-order chi connectivity index (χ0) is 33.4. The van der Waals surface area contributed by atoms with Crippen LogP contribution in [0.4, 0.5) is 0 Å². The molecule has 248 valence electrons. The van der Waals surface area contributed by atoms with E-state index < -0.39 is 34.9 Å². The summed E-state index contributed by atoms with van der Waals surface area (Å²) < 4.78 is 32.1. The fourth-order valence-electron chi connectivity index (χ4n) is 4.22. The maximum atomic E-state index is 12.4. The molecule has 0 bridgehead atoms. The van der Waals surface area contributed by atoms with Gasteiger partial charge in [0.05, 0.1) is 50.8 Å². The Hall–Kier alpha value is -5.46. The van der Waals surface area contributed by atoms with Crippen LogP contribution < -0.4 is 9.47 Å². The Morgan fingerprint density at radius 1 is 0.489 bits per heavy atom. The fraction of sp³-hybridized carbons (Fsp3) is 0.257. The fourth-order valence-corrected chi connectivity index (χ4v) is 4.22. The van der Waals surface area contributed by atoms with Crippen molar-refractivity contribution < 1.29 is 58.4 Å². The van der Waals surface area contributed by atoms with Crippen LogP contribution in [0, 0.1) is 0 Å². The Morgan fingerprint density at radius 3 is 1.21 bits per heavy atom. The van der Waals surface area contributed by atoms with Gasteiger partial charge in [-0.25, -0.2) is 9.59 Å². The Labute approximate surface area is 271 Å². The summed E-state index contributed by atoms with van der Waals surface area (Å²) in [6.07, 6.45) is 0.127. The second kappa shape index (κ2) is 17.9. The summed E-state index contributed by atoms with van der Waals surface area (Å²) in [5, 5.41) is 41.0. The van der Waals surface area contributed by atoms with E-state index in [1.165, 1.54) is 0 Å². The van der Waals surface area contributed by atoms with Crippen LogP contribution >= 0.6 is 0 Å². The van der Waals surface area contributed by atoms with Crippen LogP contribution in [0.15, 0.2) is 84.9 Å². The maximum absolute atomic E-state index is 12.4. The summed E-state index contributed by atoms with van der Waals surface area (Å²) in [5.74, 6) is -3.84. The Balaban J connectivity index is 1.13. The lowest BCUT2D eigenvalue weighted by atomic mass is 10.2. The molecule has 0 aromatic heterocycles. The van der Waals surface area contributed by atoms with E-state index in [2.05, 4.69) is 0 Å². The molecule has 0 aliphatic carbocycles. The average Bonchev–Trinajstić information content (AvgIpc) is 3.07. The number of ether oxygens (including phenoxy) is 6. The number of phenolic OH excluding ortho intramolecular Hbond substituents is 4. The first-order valence-electron chi connectivity index (χ1n) is 14.8. The van der Waals surface area contributed by atoms with Gasteiger partial charge in [0, 0.05) is 6.42 Å². The number of hydrogen-bond acceptors (Lipinski definition) is 12. The van der Waals surface area contributed by atoms with Gasteiger partial charge in [-0.1, -0.05) is 60.7 Å². The number of benzene rings is 4. The topological polar surface area (TPSA) is 170 Å². The normalized spacial score (nSPS) is 10.7. The van der Waals surface area contributed by atoms with E-state index in [1.807, 2.05) is 60.7 Å². The Bertz CT molecular complexity index is 1430. The molecule has 0 amide bonds. The summed E-state index contributed by atoms with van der Waals surface area (Å²) in [6, 6.07) is 23.5. The minimum absolute atomic E-state index is 0.0542. The van der Waals surface area contributed by atoms with Gasteiger partial charge in [0.15, 0.2) is 23.0 Å². The van der Waals surface area contributed by atoms with Crippen LogP contribution in [0.2, 0.25) is 0 Å². The summed E-state index contributed by atoms with van der Waals surface area (Å²) >= 11 is 0. The van der Waals surface area contributed by atoms with Gasteiger partial charge in [0.25, 0.3) is 0 Å². The Kier molecular flexibility index (Phi) is 13.1. The van der Waals surface area contributed by atoms with Crippen molar-refractivity contribution in [2.24, 2.45) is 0 Å². The molecular weight excluding hydrogens is 612 g/mol. The molecule has 4 rings (SSSR count). The van der Waals surface area contributed by atoms with Crippen LogP contribution in [0.25, 0.3) is 0 Å². The molecule has 0 saturated carbocycles. The smallest absolute Gasteiger partial charge is 0.338 e. The SMILES string of the molecule is O=C(OCCCOC(=O)c1cc(O)c(OCCOCc2ccccc2)c(O)c1)c1cc(O)c(OCCOCc2ccccc2)c(O)c1. The van der Waals surface area contributed by atoms with Crippen LogP contribution in [-0.2, 0) is 32.2 Å². The number of aromatic hydroxyl groups is 4. The van der Waals surface area contributed by atoms with Crippen LogP contribution in [0.3, 0.4) is 0 Å². The third-order valence-corrected chi connectivity index (χ3v) is 6.50. The predicted molar refractivity (Wildman–Crippen MR) is 168 cm³/mol. The second-order valence-corrected chi connectivity index (χ2v) is 10.1. The molecule has 12 nitrogen and oxygen atoms in total. The van der Waals surface area contributed by atoms with Crippen molar-refractivity contribution in [3.05, 3.63) is 107 Å². The second-order valence-electron chi connectivity index (χ2n) is 10.1. The van der Waals surface area contributed by atoms with Crippen LogP contribution in [-0.4, -0.2) is 72.0 Å². The van der Waals surface area contributed by atoms with Crippen molar-refractivity contribution in [3.63, 3.8) is 0 Å². The zero-order valence-corrected chi connectivity index (χ0v) is 25.5. The monoisotopic (exact) mass is 648 g/mol. The number of rotatable bonds is 18. The first-order valence-corrected chi connectivity index (χ1v) is 14.8. The molecule has 0 radical (unpaired) electrons. The van der Waals surface area contributed by atoms with Gasteiger partial charge < -0.3 is 48.8 Å². The van der Waals surface area contributed by atoms with E-state index in [0.717, 1.165) is 35.4 Å². The Morgan fingerprint density at radius 2 is 0.851 bits per heavy atom. The lowest BCUT2D eigenvalue weighted by molar-refractivity contribution is 0.0394. The summed E-state index contributed by atoms with van der Waals surface area (Å²) in [6.45, 7) is 1.01. The van der Waals surface area contributed by atoms with Gasteiger partial charge >= 0.3 is 11.9 Å². The van der Waals surface area contributed by atoms with E-state index in [-0.39, 0.29) is 68.7 Å². The number of phenols is 4. The highest BCUT2D eigenvalue weighted by molar-refractivity contribution is 5.91. The standard InChI is InChI=1S/C35H36O12/c36-28-18-26(19-29(37)32(28)44-16-14-42-22-24-8-3-1-4-9-24)34(40)46-12-7-13-47-35(41)27-20-30(38)33(31(39)21-27)45-17-15-43-23-25-10-5-2-6-11-25/h1-6,8-11,18-21,36-39H,7,12-17,22-23H2. The number of carbonyl (C=O) groups is 2. The molecule has 0 fully saturated rings. The lowest BCUT2D eigenvalue weighted by Crippen LogP contribution is -2.12. The average molecular weight is 649 g/mol. The van der Waals surface area contributed by atoms with Crippen LogP contribution in [0.5, 0.6) is 34.5 Å². The number of esters is 2. The van der Waals surface area contributed by atoms with Crippen molar-refractivity contribution in [1.29, 1.82) is 0 Å². The summed E-state index contributed by atoms with van der Waals surface area (Å²) in [5.41, 5.74) is 1.77. The third-order valence-electron chi connectivity index (χ3n) is 6.50. The first kappa shape index (κ1) is 34.4. The highest BCUT2D eigenvalue weighted by atomic mass is 16.6. The van der Waals surface area contributed by atoms with Gasteiger partial charge in [0.1, 0.15) is 13.2 Å². The molecule has 0 heterocycles. The molecule has 4 aromatic rings. The van der Waals surface area contributed by atoms with Gasteiger partial charge in [-0.2, -0.15) is 0 Å². The molecule has 0 aliphatic heterocycles. The highest BCUT2D eigenvalue weighted by Crippen LogP contribution is 2.38. The van der Waals surface area contributed by atoms with Crippen molar-refractivity contribution in [2.45, 2.75) is 19.6 Å². The molecule has 0 spiro atoms. The van der Waals surface area contributed by atoms with E-state index >= 15 is 0 Å². The van der Waals surface area contributed by atoms with E-state index in [4.69, 9.17) is 28.4 Å². The van der Waals surface area contributed by atoms with E-state index in [0.29, 0.717) is 13.2 Å². The maximum Gasteiger partial charge on any atom is 0.338 e. The van der Waals surface area contributed by atoms with Gasteiger partial charge in [0.2, 0.25) is 11.5 Å². The largest absolute Gasteiger partial charge is 0.504 e. The molecule has 0 atom stereocenters. The molecular formula is C35H36O12. The molecule has 0 unspecified atom stereocenters. The third kappa shape index (κ3) is 10.8. The number of hydrogen-bond donors (Lipinski definition) is 4. The van der Waals surface area contributed by atoms with Gasteiger partial charge in [-0.05, 0) is 35.4 Å². The van der Waals surface area contributed by atoms with Crippen molar-refractivity contribution >= 4 is 11.9 Å². The zero-order valence-electron chi connectivity index (χ0n) is 25.5. The van der Waals surface area contributed by atoms with Gasteiger partial charge in [-0.3, -0.25) is 0 Å². The highest BCUT2D eigenvalue weighted by Gasteiger charge is 2.18. The minimum Gasteiger partial charge on any atom is -0.504 e. The molecule has 47 heavy (non-hydrogen) atoms. The quantitative estimate of drug-likeness (QED) is 0.0832. The first-order chi connectivity index (χ1) is 22.8. The minimum atomic E-state index is -0.824. The van der Waals surface area contributed by atoms with Crippen molar-refractivity contribution in [1.82, 2.24) is 0 Å². The van der Waals surface area contributed by atoms with E-state index in [1.54, 1.807) is 0 Å². The van der Waals surface area contributed by atoms with E-state index in [9.17, 15) is 30.0 Å². The van der Waals surface area contributed by atoms with Crippen molar-refractivity contribution in [2.75, 3.05) is 39.6 Å². The molecule has 4 N–H and O–H groups in total. The summed E-state index contributed by atoms with van der Waals surface area (Å²) in [4.78, 5) is 24.8. The van der Waals surface area contributed by atoms with Crippen LogP contribution in [0.1, 0.15) is 38.3 Å². The predicted octanol–water partition coefficient (Wildman–Crippen LogP) is 5.10. The number of carbonyl (C=O) groups excluding carboxylic acids is 2. The molecule has 4 aromatic carbocycles. The molecule has 12 heteroatoms. The molecule has 0 aliphatic rings. The molecule has 0 saturated heterocycles.